The van der Waals surface area contributed by atoms with Gasteiger partial charge in [-0.2, -0.15) is 0 Å². The molecule has 2 aromatic rings. The molecule has 0 fully saturated rings. The monoisotopic (exact) mass is 229 g/mol. The molecule has 88 valence electrons. The molecule has 1 aromatic carbocycles. The molecular weight excluding hydrogens is 214 g/mol. The number of hydrogen-bond acceptors (Lipinski definition) is 4. The molecule has 0 aliphatic carbocycles. The summed E-state index contributed by atoms with van der Waals surface area (Å²) in [7, 11) is 0. The van der Waals surface area contributed by atoms with Crippen molar-refractivity contribution in [1.29, 1.82) is 0 Å². The Hall–Kier alpha value is -2.10. The van der Waals surface area contributed by atoms with E-state index in [9.17, 15) is 0 Å². The second-order valence-corrected chi connectivity index (χ2v) is 3.78. The van der Waals surface area contributed by atoms with E-state index in [4.69, 9.17) is 10.5 Å². The van der Waals surface area contributed by atoms with Crippen LogP contribution in [-0.4, -0.2) is 9.97 Å². The third kappa shape index (κ3) is 3.17. The van der Waals surface area contributed by atoms with E-state index in [0.717, 1.165) is 18.6 Å². The summed E-state index contributed by atoms with van der Waals surface area (Å²) in [5.41, 5.74) is 6.75. The lowest BCUT2D eigenvalue weighted by Gasteiger charge is -2.05. The van der Waals surface area contributed by atoms with Crippen molar-refractivity contribution in [2.24, 2.45) is 0 Å². The number of aryl methyl sites for hydroxylation is 1. The number of benzene rings is 1. The number of nitrogen functional groups attached to an aromatic ring is 1. The van der Waals surface area contributed by atoms with Gasteiger partial charge in [0.05, 0.1) is 12.4 Å². The van der Waals surface area contributed by atoms with Crippen molar-refractivity contribution < 1.29 is 4.74 Å². The van der Waals surface area contributed by atoms with Gasteiger partial charge in [-0.15, -0.1) is 0 Å². The number of rotatable bonds is 4. The predicted octanol–water partition coefficient (Wildman–Crippen LogP) is 2.80. The van der Waals surface area contributed by atoms with Gasteiger partial charge in [0.15, 0.2) is 0 Å². The molecule has 1 heterocycles. The number of ether oxygens (including phenoxy) is 1. The molecule has 2 N–H and O–H groups in total. The van der Waals surface area contributed by atoms with Crippen LogP contribution in [0.5, 0.6) is 11.6 Å². The van der Waals surface area contributed by atoms with Gasteiger partial charge < -0.3 is 10.5 Å². The summed E-state index contributed by atoms with van der Waals surface area (Å²) < 4.78 is 5.54. The van der Waals surface area contributed by atoms with E-state index in [0.29, 0.717) is 11.7 Å². The highest BCUT2D eigenvalue weighted by molar-refractivity contribution is 5.31. The van der Waals surface area contributed by atoms with Crippen LogP contribution in [0.15, 0.2) is 36.7 Å². The average molecular weight is 229 g/mol. The summed E-state index contributed by atoms with van der Waals surface area (Å²) >= 11 is 0. The molecule has 0 amide bonds. The summed E-state index contributed by atoms with van der Waals surface area (Å²) in [6.45, 7) is 2.16. The lowest BCUT2D eigenvalue weighted by molar-refractivity contribution is 0.460. The topological polar surface area (TPSA) is 61.0 Å². The Bertz CT molecular complexity index is 465. The lowest BCUT2D eigenvalue weighted by atomic mass is 10.1. The molecule has 0 bridgehead atoms. The minimum atomic E-state index is 0.385. The van der Waals surface area contributed by atoms with Crippen molar-refractivity contribution in [2.45, 2.75) is 19.8 Å². The molecule has 0 aliphatic heterocycles. The Morgan fingerprint density at radius 2 is 1.88 bits per heavy atom. The zero-order valence-electron chi connectivity index (χ0n) is 9.76. The van der Waals surface area contributed by atoms with E-state index in [1.807, 2.05) is 12.1 Å². The second-order valence-electron chi connectivity index (χ2n) is 3.78. The van der Waals surface area contributed by atoms with Gasteiger partial charge in [0, 0.05) is 0 Å². The first-order valence-corrected chi connectivity index (χ1v) is 5.62. The number of anilines is 1. The van der Waals surface area contributed by atoms with E-state index >= 15 is 0 Å². The molecule has 2 rings (SSSR count). The summed E-state index contributed by atoms with van der Waals surface area (Å²) in [5.74, 6) is 1.59. The maximum absolute atomic E-state index is 5.54. The maximum Gasteiger partial charge on any atom is 0.237 e. The van der Waals surface area contributed by atoms with Gasteiger partial charge in [0.25, 0.3) is 0 Å². The van der Waals surface area contributed by atoms with Crippen molar-refractivity contribution in [3.05, 3.63) is 42.2 Å². The van der Waals surface area contributed by atoms with Crippen LogP contribution < -0.4 is 10.5 Å². The molecule has 0 aliphatic rings. The van der Waals surface area contributed by atoms with Crippen molar-refractivity contribution in [3.63, 3.8) is 0 Å². The van der Waals surface area contributed by atoms with E-state index in [2.05, 4.69) is 29.0 Å². The third-order valence-corrected chi connectivity index (χ3v) is 2.33. The number of nitrogens with zero attached hydrogens (tertiary/aromatic N) is 2. The van der Waals surface area contributed by atoms with E-state index < -0.39 is 0 Å². The van der Waals surface area contributed by atoms with Gasteiger partial charge in [-0.05, 0) is 24.1 Å². The molecule has 0 radical (unpaired) electrons. The quantitative estimate of drug-likeness (QED) is 0.875. The second kappa shape index (κ2) is 5.30. The molecule has 0 saturated carbocycles. The standard InChI is InChI=1S/C13H15N3O/c1-2-3-10-4-6-11(7-5-10)17-13-9-15-12(14)8-16-13/h4-9H,2-3H2,1H3,(H2,14,15). The van der Waals surface area contributed by atoms with Gasteiger partial charge in [-0.1, -0.05) is 25.5 Å². The molecule has 0 saturated heterocycles. The zero-order valence-corrected chi connectivity index (χ0v) is 9.76. The highest BCUT2D eigenvalue weighted by Crippen LogP contribution is 2.19. The minimum absolute atomic E-state index is 0.385. The Labute approximate surface area is 100 Å². The lowest BCUT2D eigenvalue weighted by Crippen LogP contribution is -1.93. The van der Waals surface area contributed by atoms with Crippen LogP contribution >= 0.6 is 0 Å². The number of hydrogen-bond donors (Lipinski definition) is 1. The molecular formula is C13H15N3O. The molecule has 4 heteroatoms. The van der Waals surface area contributed by atoms with E-state index in [-0.39, 0.29) is 0 Å². The summed E-state index contributed by atoms with van der Waals surface area (Å²) in [4.78, 5) is 7.94. The molecule has 0 atom stereocenters. The molecule has 17 heavy (non-hydrogen) atoms. The van der Waals surface area contributed by atoms with Crippen LogP contribution in [0, 0.1) is 0 Å². The Kier molecular flexibility index (Phi) is 3.55. The van der Waals surface area contributed by atoms with Gasteiger partial charge in [-0.25, -0.2) is 9.97 Å². The highest BCUT2D eigenvalue weighted by atomic mass is 16.5. The number of aromatic nitrogens is 2. The van der Waals surface area contributed by atoms with Crippen LogP contribution in [0.4, 0.5) is 5.82 Å². The van der Waals surface area contributed by atoms with Crippen LogP contribution in [0.2, 0.25) is 0 Å². The fourth-order valence-electron chi connectivity index (χ4n) is 1.51. The Balaban J connectivity index is 2.05. The highest BCUT2D eigenvalue weighted by Gasteiger charge is 1.99. The number of nitrogens with two attached hydrogens (primary N) is 1. The Morgan fingerprint density at radius 1 is 1.12 bits per heavy atom. The first kappa shape index (κ1) is 11.4. The van der Waals surface area contributed by atoms with Gasteiger partial charge in [-0.3, -0.25) is 0 Å². The third-order valence-electron chi connectivity index (χ3n) is 2.33. The largest absolute Gasteiger partial charge is 0.438 e. The summed E-state index contributed by atoms with van der Waals surface area (Å²) in [6.07, 6.45) is 5.21. The summed E-state index contributed by atoms with van der Waals surface area (Å²) in [5, 5.41) is 0. The smallest absolute Gasteiger partial charge is 0.237 e. The van der Waals surface area contributed by atoms with Crippen molar-refractivity contribution in [1.82, 2.24) is 9.97 Å². The van der Waals surface area contributed by atoms with Crippen LogP contribution in [0.25, 0.3) is 0 Å². The van der Waals surface area contributed by atoms with Gasteiger partial charge >= 0.3 is 0 Å². The molecule has 1 aromatic heterocycles. The van der Waals surface area contributed by atoms with Crippen LogP contribution in [0.1, 0.15) is 18.9 Å². The van der Waals surface area contributed by atoms with Crippen molar-refractivity contribution >= 4 is 5.82 Å². The van der Waals surface area contributed by atoms with E-state index in [1.165, 1.54) is 18.0 Å². The van der Waals surface area contributed by atoms with Crippen molar-refractivity contribution in [3.8, 4) is 11.6 Å². The minimum Gasteiger partial charge on any atom is -0.438 e. The summed E-state index contributed by atoms with van der Waals surface area (Å²) in [6, 6.07) is 7.99. The molecule has 0 unspecified atom stereocenters. The average Bonchev–Trinajstić information content (AvgIpc) is 2.35. The Morgan fingerprint density at radius 3 is 2.47 bits per heavy atom. The maximum atomic E-state index is 5.54. The van der Waals surface area contributed by atoms with Gasteiger partial charge in [0.1, 0.15) is 11.6 Å². The predicted molar refractivity (Wildman–Crippen MR) is 67.0 cm³/mol. The first-order chi connectivity index (χ1) is 8.28. The molecule has 0 spiro atoms. The fraction of sp³-hybridized carbons (Fsp3) is 0.231. The van der Waals surface area contributed by atoms with Crippen molar-refractivity contribution in [2.75, 3.05) is 5.73 Å². The first-order valence-electron chi connectivity index (χ1n) is 5.62. The SMILES string of the molecule is CCCc1ccc(Oc2cnc(N)cn2)cc1. The van der Waals surface area contributed by atoms with Crippen LogP contribution in [-0.2, 0) is 6.42 Å². The van der Waals surface area contributed by atoms with Crippen LogP contribution in [0.3, 0.4) is 0 Å². The van der Waals surface area contributed by atoms with E-state index in [1.54, 1.807) is 0 Å². The normalized spacial score (nSPS) is 10.2. The molecule has 4 nitrogen and oxygen atoms in total. The fourth-order valence-corrected chi connectivity index (χ4v) is 1.51. The van der Waals surface area contributed by atoms with Gasteiger partial charge in [0.2, 0.25) is 5.88 Å². The zero-order chi connectivity index (χ0) is 12.1.